The monoisotopic (exact) mass is 295 g/mol. The molecule has 0 aromatic heterocycles. The Labute approximate surface area is 121 Å². The second-order valence-corrected chi connectivity index (χ2v) is 7.96. The number of sulfonamides is 1. The SMILES string of the molecule is Cc1ccc(NS(=O)(=O)C(C)(C)C)cc1C#CCCO. The van der Waals surface area contributed by atoms with Crippen LogP contribution in [0.1, 0.15) is 38.3 Å². The fourth-order valence-corrected chi connectivity index (χ4v) is 2.09. The summed E-state index contributed by atoms with van der Waals surface area (Å²) < 4.78 is 25.9. The molecule has 1 aromatic rings. The lowest BCUT2D eigenvalue weighted by Crippen LogP contribution is -2.33. The lowest BCUT2D eigenvalue weighted by atomic mass is 10.1. The van der Waals surface area contributed by atoms with E-state index in [1.54, 1.807) is 32.9 Å². The molecule has 0 heterocycles. The number of rotatable bonds is 3. The second kappa shape index (κ2) is 6.29. The van der Waals surface area contributed by atoms with Crippen molar-refractivity contribution < 1.29 is 13.5 Å². The first kappa shape index (κ1) is 16.5. The van der Waals surface area contributed by atoms with Gasteiger partial charge in [0.15, 0.2) is 0 Å². The van der Waals surface area contributed by atoms with E-state index in [1.165, 1.54) is 0 Å². The maximum Gasteiger partial charge on any atom is 0.237 e. The van der Waals surface area contributed by atoms with E-state index < -0.39 is 14.8 Å². The van der Waals surface area contributed by atoms with Gasteiger partial charge >= 0.3 is 0 Å². The number of anilines is 1. The Hall–Kier alpha value is -1.51. The molecule has 1 rings (SSSR count). The van der Waals surface area contributed by atoms with Crippen LogP contribution >= 0.6 is 0 Å². The predicted molar refractivity (Wildman–Crippen MR) is 82.1 cm³/mol. The number of aliphatic hydroxyl groups is 1. The Kier molecular flexibility index (Phi) is 5.21. The lowest BCUT2D eigenvalue weighted by Gasteiger charge is -2.20. The number of aryl methyl sites for hydroxylation is 1. The topological polar surface area (TPSA) is 66.4 Å². The third-order valence-electron chi connectivity index (χ3n) is 2.76. The number of hydrogen-bond acceptors (Lipinski definition) is 3. The van der Waals surface area contributed by atoms with Crippen molar-refractivity contribution in [2.24, 2.45) is 0 Å². The maximum atomic E-state index is 12.1. The van der Waals surface area contributed by atoms with Crippen molar-refractivity contribution in [3.63, 3.8) is 0 Å². The molecule has 1 aromatic carbocycles. The van der Waals surface area contributed by atoms with Crippen molar-refractivity contribution in [2.75, 3.05) is 11.3 Å². The van der Waals surface area contributed by atoms with Gasteiger partial charge in [-0.25, -0.2) is 8.42 Å². The quantitative estimate of drug-likeness (QED) is 0.841. The lowest BCUT2D eigenvalue weighted by molar-refractivity contribution is 0.305. The molecular formula is C15H21NO3S. The molecule has 0 amide bonds. The van der Waals surface area contributed by atoms with Crippen LogP contribution < -0.4 is 4.72 Å². The van der Waals surface area contributed by atoms with E-state index in [2.05, 4.69) is 16.6 Å². The molecule has 2 N–H and O–H groups in total. The summed E-state index contributed by atoms with van der Waals surface area (Å²) in [7, 11) is -3.44. The number of hydrogen-bond donors (Lipinski definition) is 2. The molecule has 0 radical (unpaired) electrons. The minimum absolute atomic E-state index is 0.0163. The highest BCUT2D eigenvalue weighted by Crippen LogP contribution is 2.21. The average molecular weight is 295 g/mol. The van der Waals surface area contributed by atoms with E-state index in [-0.39, 0.29) is 6.61 Å². The predicted octanol–water partition coefficient (Wildman–Crippen LogP) is 2.27. The second-order valence-electron chi connectivity index (χ2n) is 5.52. The van der Waals surface area contributed by atoms with Gasteiger partial charge in [-0.05, 0) is 45.4 Å². The van der Waals surface area contributed by atoms with Gasteiger partial charge in [0.2, 0.25) is 10.0 Å². The zero-order valence-corrected chi connectivity index (χ0v) is 13.1. The van der Waals surface area contributed by atoms with Gasteiger partial charge in [-0.15, -0.1) is 0 Å². The van der Waals surface area contributed by atoms with E-state index >= 15 is 0 Å². The van der Waals surface area contributed by atoms with Crippen LogP contribution in [0.3, 0.4) is 0 Å². The van der Waals surface area contributed by atoms with Crippen LogP contribution in [-0.4, -0.2) is 24.9 Å². The van der Waals surface area contributed by atoms with Crippen LogP contribution in [0.25, 0.3) is 0 Å². The minimum Gasteiger partial charge on any atom is -0.395 e. The molecule has 4 nitrogen and oxygen atoms in total. The highest BCUT2D eigenvalue weighted by atomic mass is 32.2. The Morgan fingerprint density at radius 2 is 1.95 bits per heavy atom. The summed E-state index contributed by atoms with van der Waals surface area (Å²) in [6, 6.07) is 5.25. The first-order valence-corrected chi connectivity index (χ1v) is 7.88. The summed E-state index contributed by atoms with van der Waals surface area (Å²) in [5, 5.41) is 8.72. The molecule has 5 heteroatoms. The van der Waals surface area contributed by atoms with Crippen LogP contribution in [0.2, 0.25) is 0 Å². The summed E-state index contributed by atoms with van der Waals surface area (Å²) >= 11 is 0. The summed E-state index contributed by atoms with van der Waals surface area (Å²) in [5.41, 5.74) is 2.22. The normalized spacial score (nSPS) is 11.7. The summed E-state index contributed by atoms with van der Waals surface area (Å²) in [6.07, 6.45) is 0.400. The van der Waals surface area contributed by atoms with Gasteiger partial charge in [-0.1, -0.05) is 17.9 Å². The number of aliphatic hydroxyl groups excluding tert-OH is 1. The Bertz CT molecular complexity index is 631. The summed E-state index contributed by atoms with van der Waals surface area (Å²) in [6.45, 7) is 6.86. The Morgan fingerprint density at radius 3 is 2.50 bits per heavy atom. The Balaban J connectivity index is 3.06. The van der Waals surface area contributed by atoms with Crippen LogP contribution in [0.15, 0.2) is 18.2 Å². The molecular weight excluding hydrogens is 274 g/mol. The number of benzene rings is 1. The van der Waals surface area contributed by atoms with Crippen LogP contribution in [0.4, 0.5) is 5.69 Å². The molecule has 0 aliphatic heterocycles. The minimum atomic E-state index is -3.44. The van der Waals surface area contributed by atoms with E-state index in [0.29, 0.717) is 12.1 Å². The zero-order chi connectivity index (χ0) is 15.4. The highest BCUT2D eigenvalue weighted by molar-refractivity contribution is 7.94. The molecule has 0 saturated heterocycles. The zero-order valence-electron chi connectivity index (χ0n) is 12.3. The molecule has 0 spiro atoms. The molecule has 20 heavy (non-hydrogen) atoms. The molecule has 0 fully saturated rings. The van der Waals surface area contributed by atoms with Crippen LogP contribution in [0, 0.1) is 18.8 Å². The van der Waals surface area contributed by atoms with Gasteiger partial charge in [-0.2, -0.15) is 0 Å². The standard InChI is InChI=1S/C15H21NO3S/c1-12-8-9-14(11-13(12)7-5-6-10-17)16-20(18,19)15(2,3)4/h8-9,11,16-17H,6,10H2,1-4H3. The smallest absolute Gasteiger partial charge is 0.237 e. The van der Waals surface area contributed by atoms with Crippen molar-refractivity contribution in [1.82, 2.24) is 0 Å². The number of nitrogens with one attached hydrogen (secondary N) is 1. The summed E-state index contributed by atoms with van der Waals surface area (Å²) in [4.78, 5) is 0. The Morgan fingerprint density at radius 1 is 1.30 bits per heavy atom. The van der Waals surface area contributed by atoms with Gasteiger partial charge in [0.05, 0.1) is 11.4 Å². The molecule has 0 unspecified atom stereocenters. The van der Waals surface area contributed by atoms with Crippen molar-refractivity contribution >= 4 is 15.7 Å². The van der Waals surface area contributed by atoms with Crippen molar-refractivity contribution in [1.29, 1.82) is 0 Å². The first-order chi connectivity index (χ1) is 9.17. The van der Waals surface area contributed by atoms with E-state index in [1.807, 2.05) is 13.0 Å². The first-order valence-electron chi connectivity index (χ1n) is 6.40. The van der Waals surface area contributed by atoms with Gasteiger partial charge in [0, 0.05) is 17.7 Å². The van der Waals surface area contributed by atoms with Gasteiger partial charge in [-0.3, -0.25) is 4.72 Å². The molecule has 110 valence electrons. The highest BCUT2D eigenvalue weighted by Gasteiger charge is 2.28. The third-order valence-corrected chi connectivity index (χ3v) is 4.87. The van der Waals surface area contributed by atoms with Gasteiger partial charge in [0.25, 0.3) is 0 Å². The maximum absolute atomic E-state index is 12.1. The van der Waals surface area contributed by atoms with E-state index in [9.17, 15) is 8.42 Å². The van der Waals surface area contributed by atoms with E-state index in [0.717, 1.165) is 11.1 Å². The largest absolute Gasteiger partial charge is 0.395 e. The van der Waals surface area contributed by atoms with Crippen LogP contribution in [0.5, 0.6) is 0 Å². The van der Waals surface area contributed by atoms with Crippen molar-refractivity contribution in [3.05, 3.63) is 29.3 Å². The van der Waals surface area contributed by atoms with E-state index in [4.69, 9.17) is 5.11 Å². The average Bonchev–Trinajstić information content (AvgIpc) is 2.31. The summed E-state index contributed by atoms with van der Waals surface area (Å²) in [5.74, 6) is 5.77. The molecule has 0 bridgehead atoms. The van der Waals surface area contributed by atoms with Gasteiger partial charge in [0.1, 0.15) is 0 Å². The molecule has 0 aliphatic carbocycles. The van der Waals surface area contributed by atoms with Crippen molar-refractivity contribution in [3.8, 4) is 11.8 Å². The van der Waals surface area contributed by atoms with Crippen molar-refractivity contribution in [2.45, 2.75) is 38.9 Å². The third kappa shape index (κ3) is 4.26. The van der Waals surface area contributed by atoms with Crippen LogP contribution in [-0.2, 0) is 10.0 Å². The molecule has 0 aliphatic rings. The molecule has 0 atom stereocenters. The fourth-order valence-electron chi connectivity index (χ4n) is 1.34. The fraction of sp³-hybridized carbons (Fsp3) is 0.467. The molecule has 0 saturated carbocycles. The van der Waals surface area contributed by atoms with Gasteiger partial charge < -0.3 is 5.11 Å².